The highest BCUT2D eigenvalue weighted by atomic mass is 16.5. The van der Waals surface area contributed by atoms with Crippen LogP contribution in [-0.2, 0) is 14.3 Å². The van der Waals surface area contributed by atoms with E-state index in [4.69, 9.17) is 5.11 Å². The Kier molecular flexibility index (Phi) is 2.18. The lowest BCUT2D eigenvalue weighted by Gasteiger charge is -1.96. The molecule has 0 spiro atoms. The van der Waals surface area contributed by atoms with Gasteiger partial charge in [-0.2, -0.15) is 0 Å². The molecular weight excluding hydrogens is 148 g/mol. The molecule has 0 aromatic carbocycles. The van der Waals surface area contributed by atoms with Crippen molar-refractivity contribution in [3.8, 4) is 0 Å². The summed E-state index contributed by atoms with van der Waals surface area (Å²) in [7, 11) is 0. The highest BCUT2D eigenvalue weighted by Crippen LogP contribution is 2.17. The average molecular weight is 154 g/mol. The van der Waals surface area contributed by atoms with Gasteiger partial charge in [-0.25, -0.2) is 4.79 Å². The Labute approximate surface area is 62.8 Å². The second kappa shape index (κ2) is 3.12. The molecule has 0 aliphatic carbocycles. The Balaban J connectivity index is 2.87. The average Bonchev–Trinajstić information content (AvgIpc) is 2.32. The van der Waals surface area contributed by atoms with Gasteiger partial charge in [0.1, 0.15) is 12.0 Å². The number of ether oxygens (including phenoxy) is 1. The summed E-state index contributed by atoms with van der Waals surface area (Å²) in [5.41, 5.74) is 0.335. The second-order valence-electron chi connectivity index (χ2n) is 1.92. The minimum Gasteiger partial charge on any atom is -0.423 e. The normalized spacial score (nSPS) is 19.9. The summed E-state index contributed by atoms with van der Waals surface area (Å²) in [4.78, 5) is 20.5. The standard InChI is InChI=1S/C7H6O4/c8-2-1-6-5(4-9)3-7(10)11-6/h1-3,9H,4H2. The first-order chi connectivity index (χ1) is 5.27. The van der Waals surface area contributed by atoms with Gasteiger partial charge in [-0.05, 0) is 0 Å². The fourth-order valence-electron chi connectivity index (χ4n) is 0.743. The molecular formula is C7H6O4. The molecule has 0 saturated heterocycles. The maximum Gasteiger partial charge on any atom is 0.336 e. The van der Waals surface area contributed by atoms with Crippen LogP contribution in [-0.4, -0.2) is 24.0 Å². The van der Waals surface area contributed by atoms with Crippen molar-refractivity contribution in [1.29, 1.82) is 0 Å². The van der Waals surface area contributed by atoms with E-state index in [-0.39, 0.29) is 12.4 Å². The van der Waals surface area contributed by atoms with Crippen LogP contribution < -0.4 is 0 Å². The Morgan fingerprint density at radius 1 is 1.64 bits per heavy atom. The van der Waals surface area contributed by atoms with Gasteiger partial charge in [-0.1, -0.05) is 0 Å². The molecule has 0 fully saturated rings. The van der Waals surface area contributed by atoms with E-state index in [1.807, 2.05) is 0 Å². The van der Waals surface area contributed by atoms with Crippen LogP contribution in [0, 0.1) is 0 Å². The predicted octanol–water partition coefficient (Wildman–Crippen LogP) is -0.455. The van der Waals surface area contributed by atoms with E-state index in [0.29, 0.717) is 11.9 Å². The van der Waals surface area contributed by atoms with Crippen molar-refractivity contribution >= 4 is 12.3 Å². The highest BCUT2D eigenvalue weighted by molar-refractivity contribution is 5.89. The number of allylic oxidation sites excluding steroid dienone is 1. The molecule has 1 aliphatic heterocycles. The van der Waals surface area contributed by atoms with E-state index < -0.39 is 5.97 Å². The molecule has 58 valence electrons. The number of carbonyl (C=O) groups excluding carboxylic acids is 2. The third-order valence-corrected chi connectivity index (χ3v) is 1.21. The fraction of sp³-hybridized carbons (Fsp3) is 0.143. The van der Waals surface area contributed by atoms with Gasteiger partial charge in [0.25, 0.3) is 0 Å². The topological polar surface area (TPSA) is 63.6 Å². The number of carbonyl (C=O) groups is 2. The molecule has 11 heavy (non-hydrogen) atoms. The minimum atomic E-state index is -0.554. The van der Waals surface area contributed by atoms with Gasteiger partial charge in [0.05, 0.1) is 6.61 Å². The number of cyclic esters (lactones) is 1. The first-order valence-corrected chi connectivity index (χ1v) is 2.97. The van der Waals surface area contributed by atoms with Crippen molar-refractivity contribution in [1.82, 2.24) is 0 Å². The third-order valence-electron chi connectivity index (χ3n) is 1.21. The summed E-state index contributed by atoms with van der Waals surface area (Å²) in [6, 6.07) is 0. The SMILES string of the molecule is O=CC=C1OC(=O)C=C1CO. The number of esters is 1. The van der Waals surface area contributed by atoms with Crippen molar-refractivity contribution in [2.45, 2.75) is 0 Å². The van der Waals surface area contributed by atoms with Crippen LogP contribution in [0.25, 0.3) is 0 Å². The summed E-state index contributed by atoms with van der Waals surface area (Å²) in [6.45, 7) is -0.300. The zero-order valence-electron chi connectivity index (χ0n) is 5.61. The van der Waals surface area contributed by atoms with E-state index >= 15 is 0 Å². The van der Waals surface area contributed by atoms with Crippen molar-refractivity contribution in [2.24, 2.45) is 0 Å². The molecule has 0 bridgehead atoms. The van der Waals surface area contributed by atoms with Crippen LogP contribution in [0.15, 0.2) is 23.5 Å². The lowest BCUT2D eigenvalue weighted by atomic mass is 10.2. The van der Waals surface area contributed by atoms with Gasteiger partial charge < -0.3 is 9.84 Å². The number of hydrogen-bond acceptors (Lipinski definition) is 4. The van der Waals surface area contributed by atoms with Gasteiger partial charge in [-0.15, -0.1) is 0 Å². The molecule has 1 rings (SSSR count). The summed E-state index contributed by atoms with van der Waals surface area (Å²) in [6.07, 6.45) is 2.74. The maximum atomic E-state index is 10.5. The highest BCUT2D eigenvalue weighted by Gasteiger charge is 2.18. The summed E-state index contributed by atoms with van der Waals surface area (Å²) >= 11 is 0. The first-order valence-electron chi connectivity index (χ1n) is 2.97. The van der Waals surface area contributed by atoms with Crippen LogP contribution in [0.5, 0.6) is 0 Å². The van der Waals surface area contributed by atoms with Crippen LogP contribution in [0.3, 0.4) is 0 Å². The van der Waals surface area contributed by atoms with Gasteiger partial charge in [0.15, 0.2) is 0 Å². The largest absolute Gasteiger partial charge is 0.423 e. The van der Waals surface area contributed by atoms with Gasteiger partial charge in [-0.3, -0.25) is 4.79 Å². The zero-order chi connectivity index (χ0) is 8.27. The van der Waals surface area contributed by atoms with E-state index in [1.54, 1.807) is 0 Å². The molecule has 0 aromatic rings. The van der Waals surface area contributed by atoms with Crippen LogP contribution in [0.4, 0.5) is 0 Å². The Bertz CT molecular complexity index is 249. The fourth-order valence-corrected chi connectivity index (χ4v) is 0.743. The minimum absolute atomic E-state index is 0.132. The summed E-state index contributed by atoms with van der Waals surface area (Å²) in [5.74, 6) is -0.422. The molecule has 1 heterocycles. The lowest BCUT2D eigenvalue weighted by molar-refractivity contribution is -0.132. The molecule has 4 nitrogen and oxygen atoms in total. The van der Waals surface area contributed by atoms with Crippen LogP contribution in [0.2, 0.25) is 0 Å². The lowest BCUT2D eigenvalue weighted by Crippen LogP contribution is -1.93. The number of aliphatic hydroxyl groups excluding tert-OH is 1. The van der Waals surface area contributed by atoms with Gasteiger partial charge >= 0.3 is 5.97 Å². The molecule has 0 radical (unpaired) electrons. The number of aldehydes is 1. The van der Waals surface area contributed by atoms with E-state index in [0.717, 1.165) is 12.2 Å². The number of hydrogen-bond donors (Lipinski definition) is 1. The molecule has 0 saturated carbocycles. The molecule has 0 atom stereocenters. The van der Waals surface area contributed by atoms with Crippen molar-refractivity contribution in [3.63, 3.8) is 0 Å². The third kappa shape index (κ3) is 1.53. The van der Waals surface area contributed by atoms with E-state index in [1.165, 1.54) is 0 Å². The van der Waals surface area contributed by atoms with Crippen molar-refractivity contribution in [2.75, 3.05) is 6.61 Å². The van der Waals surface area contributed by atoms with E-state index in [9.17, 15) is 9.59 Å². The maximum absolute atomic E-state index is 10.5. The van der Waals surface area contributed by atoms with E-state index in [2.05, 4.69) is 4.74 Å². The second-order valence-corrected chi connectivity index (χ2v) is 1.92. The molecule has 0 unspecified atom stereocenters. The van der Waals surface area contributed by atoms with Gasteiger partial charge in [0, 0.05) is 17.7 Å². The smallest absolute Gasteiger partial charge is 0.336 e. The number of rotatable bonds is 2. The number of aliphatic hydroxyl groups is 1. The Morgan fingerprint density at radius 2 is 2.36 bits per heavy atom. The van der Waals surface area contributed by atoms with Crippen molar-refractivity contribution in [3.05, 3.63) is 23.5 Å². The molecule has 1 N–H and O–H groups in total. The monoisotopic (exact) mass is 154 g/mol. The Hall–Kier alpha value is -1.42. The first kappa shape index (κ1) is 7.68. The van der Waals surface area contributed by atoms with Crippen molar-refractivity contribution < 1.29 is 19.4 Å². The molecule has 0 amide bonds. The van der Waals surface area contributed by atoms with Gasteiger partial charge in [0.2, 0.25) is 0 Å². The zero-order valence-corrected chi connectivity index (χ0v) is 5.61. The molecule has 1 aliphatic rings. The van der Waals surface area contributed by atoms with Crippen LogP contribution >= 0.6 is 0 Å². The predicted molar refractivity (Wildman–Crippen MR) is 35.4 cm³/mol. The van der Waals surface area contributed by atoms with Crippen LogP contribution in [0.1, 0.15) is 0 Å². The summed E-state index contributed by atoms with van der Waals surface area (Å²) < 4.78 is 4.54. The quantitative estimate of drug-likeness (QED) is 0.332. The molecule has 0 aromatic heterocycles. The summed E-state index contributed by atoms with van der Waals surface area (Å²) in [5, 5.41) is 8.62. The molecule has 4 heteroatoms. The Morgan fingerprint density at radius 3 is 2.91 bits per heavy atom.